The molecule has 19 heavy (non-hydrogen) atoms. The number of piperidine rings is 1. The third-order valence-corrected chi connectivity index (χ3v) is 4.17. The second kappa shape index (κ2) is 7.66. The molecule has 0 aromatic heterocycles. The Morgan fingerprint density at radius 3 is 2.37 bits per heavy atom. The summed E-state index contributed by atoms with van der Waals surface area (Å²) < 4.78 is 0. The zero-order chi connectivity index (χ0) is 13.5. The van der Waals surface area contributed by atoms with Crippen LogP contribution in [0, 0.1) is 0 Å². The van der Waals surface area contributed by atoms with E-state index < -0.39 is 0 Å². The Balaban J connectivity index is 2.08. The van der Waals surface area contributed by atoms with Crippen molar-refractivity contribution in [1.82, 2.24) is 4.90 Å². The Morgan fingerprint density at radius 2 is 1.79 bits per heavy atom. The molecule has 0 aliphatic carbocycles. The number of benzene rings is 1. The van der Waals surface area contributed by atoms with Crippen molar-refractivity contribution < 1.29 is 0 Å². The van der Waals surface area contributed by atoms with Gasteiger partial charge in [-0.1, -0.05) is 44.0 Å². The molecule has 1 fully saturated rings. The van der Waals surface area contributed by atoms with E-state index in [9.17, 15) is 0 Å². The van der Waals surface area contributed by atoms with Gasteiger partial charge in [0.1, 0.15) is 0 Å². The lowest BCUT2D eigenvalue weighted by Gasteiger charge is -2.35. The fraction of sp³-hybridized carbons (Fsp3) is 0.647. The number of aryl methyl sites for hydroxylation is 1. The largest absolute Gasteiger partial charge is 0.330 e. The average Bonchev–Trinajstić information content (AvgIpc) is 2.47. The third kappa shape index (κ3) is 4.05. The molecule has 1 atom stereocenters. The molecule has 2 rings (SSSR count). The number of likely N-dealkylation sites (tertiary alicyclic amines) is 1. The van der Waals surface area contributed by atoms with Gasteiger partial charge in [0.25, 0.3) is 0 Å². The van der Waals surface area contributed by atoms with E-state index in [2.05, 4.69) is 36.1 Å². The Bertz CT molecular complexity index is 352. The van der Waals surface area contributed by atoms with E-state index in [1.54, 1.807) is 0 Å². The van der Waals surface area contributed by atoms with Crippen molar-refractivity contribution in [1.29, 1.82) is 0 Å². The first-order chi connectivity index (χ1) is 9.35. The number of nitrogens with two attached hydrogens (primary N) is 1. The summed E-state index contributed by atoms with van der Waals surface area (Å²) >= 11 is 0. The van der Waals surface area contributed by atoms with E-state index >= 15 is 0 Å². The highest BCUT2D eigenvalue weighted by Gasteiger charge is 2.21. The number of nitrogens with zero attached hydrogens (tertiary/aromatic N) is 1. The number of hydrogen-bond donors (Lipinski definition) is 1. The quantitative estimate of drug-likeness (QED) is 0.848. The number of hydrogen-bond acceptors (Lipinski definition) is 2. The predicted molar refractivity (Wildman–Crippen MR) is 82.3 cm³/mol. The maximum Gasteiger partial charge on any atom is 0.0360 e. The summed E-state index contributed by atoms with van der Waals surface area (Å²) in [5.41, 5.74) is 8.73. The first-order valence-corrected chi connectivity index (χ1v) is 7.88. The predicted octanol–water partition coefficient (Wildman–Crippen LogP) is 3.51. The molecule has 1 heterocycles. The molecule has 2 heteroatoms. The Hall–Kier alpha value is -0.860. The molecule has 1 aromatic rings. The second-order valence-electron chi connectivity index (χ2n) is 5.68. The minimum Gasteiger partial charge on any atom is -0.330 e. The van der Waals surface area contributed by atoms with Gasteiger partial charge in [-0.05, 0) is 56.4 Å². The molecule has 106 valence electrons. The molecule has 0 spiro atoms. The maximum absolute atomic E-state index is 5.82. The van der Waals surface area contributed by atoms with Crippen LogP contribution >= 0.6 is 0 Å². The summed E-state index contributed by atoms with van der Waals surface area (Å²) in [7, 11) is 0. The smallest absolute Gasteiger partial charge is 0.0360 e. The molecule has 1 aromatic carbocycles. The van der Waals surface area contributed by atoms with Gasteiger partial charge in [0, 0.05) is 6.04 Å². The molecule has 2 N–H and O–H groups in total. The van der Waals surface area contributed by atoms with Gasteiger partial charge in [0.05, 0.1) is 0 Å². The van der Waals surface area contributed by atoms with Crippen LogP contribution in [-0.4, -0.2) is 24.5 Å². The van der Waals surface area contributed by atoms with Crippen LogP contribution in [0.4, 0.5) is 0 Å². The summed E-state index contributed by atoms with van der Waals surface area (Å²) in [5, 5.41) is 0. The van der Waals surface area contributed by atoms with E-state index in [1.165, 1.54) is 56.3 Å². The van der Waals surface area contributed by atoms with Crippen LogP contribution in [0.3, 0.4) is 0 Å². The Kier molecular flexibility index (Phi) is 5.87. The van der Waals surface area contributed by atoms with Crippen LogP contribution in [-0.2, 0) is 6.42 Å². The fourth-order valence-electron chi connectivity index (χ4n) is 3.14. The van der Waals surface area contributed by atoms with E-state index in [0.29, 0.717) is 6.04 Å². The van der Waals surface area contributed by atoms with Crippen LogP contribution in [0.15, 0.2) is 24.3 Å². The lowest BCUT2D eigenvalue weighted by molar-refractivity contribution is 0.157. The van der Waals surface area contributed by atoms with Crippen LogP contribution in [0.2, 0.25) is 0 Å². The molecule has 1 aliphatic heterocycles. The van der Waals surface area contributed by atoms with Gasteiger partial charge in [-0.25, -0.2) is 0 Å². The van der Waals surface area contributed by atoms with Gasteiger partial charge in [0.2, 0.25) is 0 Å². The molecule has 1 unspecified atom stereocenters. The Morgan fingerprint density at radius 1 is 1.11 bits per heavy atom. The van der Waals surface area contributed by atoms with Gasteiger partial charge >= 0.3 is 0 Å². The SMILES string of the molecule is CCCc1ccc(C(CCN)N2CCCCC2)cc1. The lowest BCUT2D eigenvalue weighted by atomic mass is 9.97. The van der Waals surface area contributed by atoms with E-state index in [1.807, 2.05) is 0 Å². The summed E-state index contributed by atoms with van der Waals surface area (Å²) in [5.74, 6) is 0. The Labute approximate surface area is 118 Å². The van der Waals surface area contributed by atoms with E-state index in [4.69, 9.17) is 5.73 Å². The van der Waals surface area contributed by atoms with E-state index in [0.717, 1.165) is 13.0 Å². The fourth-order valence-corrected chi connectivity index (χ4v) is 3.14. The zero-order valence-corrected chi connectivity index (χ0v) is 12.3. The first kappa shape index (κ1) is 14.5. The average molecular weight is 260 g/mol. The minimum atomic E-state index is 0.529. The van der Waals surface area contributed by atoms with Gasteiger partial charge in [-0.3, -0.25) is 4.90 Å². The van der Waals surface area contributed by atoms with Gasteiger partial charge in [-0.2, -0.15) is 0 Å². The van der Waals surface area contributed by atoms with Crippen LogP contribution in [0.1, 0.15) is 56.2 Å². The highest BCUT2D eigenvalue weighted by Crippen LogP contribution is 2.27. The normalized spacial score (nSPS) is 18.4. The van der Waals surface area contributed by atoms with Crippen LogP contribution in [0.5, 0.6) is 0 Å². The molecule has 0 radical (unpaired) electrons. The highest BCUT2D eigenvalue weighted by molar-refractivity contribution is 5.25. The van der Waals surface area contributed by atoms with Crippen molar-refractivity contribution in [3.05, 3.63) is 35.4 Å². The van der Waals surface area contributed by atoms with Crippen molar-refractivity contribution >= 4 is 0 Å². The molecular weight excluding hydrogens is 232 g/mol. The van der Waals surface area contributed by atoms with Crippen molar-refractivity contribution in [2.75, 3.05) is 19.6 Å². The molecule has 2 nitrogen and oxygen atoms in total. The maximum atomic E-state index is 5.82. The molecule has 0 amide bonds. The van der Waals surface area contributed by atoms with Gasteiger partial charge in [-0.15, -0.1) is 0 Å². The molecule has 0 bridgehead atoms. The molecular formula is C17H28N2. The van der Waals surface area contributed by atoms with Crippen molar-refractivity contribution in [3.8, 4) is 0 Å². The van der Waals surface area contributed by atoms with Crippen LogP contribution < -0.4 is 5.73 Å². The summed E-state index contributed by atoms with van der Waals surface area (Å²) in [6.45, 7) is 5.49. The second-order valence-corrected chi connectivity index (χ2v) is 5.68. The van der Waals surface area contributed by atoms with Gasteiger partial charge in [0.15, 0.2) is 0 Å². The summed E-state index contributed by atoms with van der Waals surface area (Å²) in [6, 6.07) is 9.76. The highest BCUT2D eigenvalue weighted by atomic mass is 15.2. The zero-order valence-electron chi connectivity index (χ0n) is 12.3. The first-order valence-electron chi connectivity index (χ1n) is 7.88. The van der Waals surface area contributed by atoms with Gasteiger partial charge < -0.3 is 5.73 Å². The summed E-state index contributed by atoms with van der Waals surface area (Å²) in [4.78, 5) is 2.63. The molecule has 1 aliphatic rings. The lowest BCUT2D eigenvalue weighted by Crippen LogP contribution is -2.34. The monoisotopic (exact) mass is 260 g/mol. The molecule has 1 saturated heterocycles. The van der Waals surface area contributed by atoms with Crippen molar-refractivity contribution in [3.63, 3.8) is 0 Å². The number of rotatable bonds is 6. The van der Waals surface area contributed by atoms with E-state index in [-0.39, 0.29) is 0 Å². The minimum absolute atomic E-state index is 0.529. The van der Waals surface area contributed by atoms with Crippen molar-refractivity contribution in [2.45, 2.75) is 51.5 Å². The van der Waals surface area contributed by atoms with Crippen molar-refractivity contribution in [2.24, 2.45) is 5.73 Å². The standard InChI is InChI=1S/C17H28N2/c1-2-6-15-7-9-16(10-8-15)17(11-12-18)19-13-4-3-5-14-19/h7-10,17H,2-6,11-14,18H2,1H3. The third-order valence-electron chi connectivity index (χ3n) is 4.17. The summed E-state index contributed by atoms with van der Waals surface area (Å²) in [6.07, 6.45) is 7.56. The topological polar surface area (TPSA) is 29.3 Å². The molecule has 0 saturated carbocycles. The van der Waals surface area contributed by atoms with Crippen LogP contribution in [0.25, 0.3) is 0 Å².